The zero-order chi connectivity index (χ0) is 18.1. The Morgan fingerprint density at radius 2 is 2.15 bits per heavy atom. The predicted octanol–water partition coefficient (Wildman–Crippen LogP) is 1.55. The third-order valence-corrected chi connectivity index (χ3v) is 8.24. The number of likely N-dealkylation sites (tertiary alicyclic amines) is 1. The van der Waals surface area contributed by atoms with Crippen LogP contribution in [0.1, 0.15) is 30.9 Å². The van der Waals surface area contributed by atoms with Crippen LogP contribution in [0.4, 0.5) is 0 Å². The molecule has 1 aromatic rings. The van der Waals surface area contributed by atoms with Gasteiger partial charge in [-0.3, -0.25) is 4.79 Å². The summed E-state index contributed by atoms with van der Waals surface area (Å²) in [5.41, 5.74) is 0.399. The van der Waals surface area contributed by atoms with E-state index in [0.29, 0.717) is 12.2 Å². The first-order valence-electron chi connectivity index (χ1n) is 9.50. The van der Waals surface area contributed by atoms with Gasteiger partial charge >= 0.3 is 0 Å². The van der Waals surface area contributed by atoms with E-state index in [0.717, 1.165) is 24.9 Å². The van der Waals surface area contributed by atoms with Crippen LogP contribution in [0.5, 0.6) is 11.5 Å². The zero-order valence-corrected chi connectivity index (χ0v) is 15.0. The molecule has 5 heteroatoms. The Bertz CT molecular complexity index is 910. The number of benzene rings is 1. The van der Waals surface area contributed by atoms with Gasteiger partial charge in [0.05, 0.1) is 11.3 Å². The molecule has 0 amide bonds. The van der Waals surface area contributed by atoms with Gasteiger partial charge < -0.3 is 19.8 Å². The Labute approximate surface area is 152 Å². The first kappa shape index (κ1) is 15.2. The van der Waals surface area contributed by atoms with Crippen LogP contribution in [0, 0.1) is 11.3 Å². The molecule has 1 saturated carbocycles. The third-order valence-electron chi connectivity index (χ3n) is 8.24. The molecule has 4 bridgehead atoms. The lowest BCUT2D eigenvalue weighted by atomic mass is 9.37. The number of rotatable bonds is 1. The number of aromatic hydroxyl groups is 1. The summed E-state index contributed by atoms with van der Waals surface area (Å²) in [6.45, 7) is 2.50. The molecule has 2 N–H and O–H groups in total. The largest absolute Gasteiger partial charge is 0.504 e. The van der Waals surface area contributed by atoms with Crippen molar-refractivity contribution in [2.24, 2.45) is 11.3 Å². The summed E-state index contributed by atoms with van der Waals surface area (Å²) in [4.78, 5) is 14.9. The Kier molecular flexibility index (Phi) is 2.45. The van der Waals surface area contributed by atoms with Crippen molar-refractivity contribution in [3.63, 3.8) is 0 Å². The first-order valence-corrected chi connectivity index (χ1v) is 9.50. The summed E-state index contributed by atoms with van der Waals surface area (Å²) < 4.78 is 6.33. The fourth-order valence-electron chi connectivity index (χ4n) is 7.23. The van der Waals surface area contributed by atoms with Crippen LogP contribution < -0.4 is 4.74 Å². The van der Waals surface area contributed by atoms with Gasteiger partial charge in [-0.05, 0) is 51.4 Å². The number of ether oxygens (including phenoxy) is 1. The second-order valence-corrected chi connectivity index (χ2v) is 9.00. The SMILES string of the molecule is CC(=O)[C@H]1C[C@@]23C=C[C@]1(O)[C@@H]1Oc4c(O)ccc5c4[C@@]12CCN(C)[C@@H]3C5. The van der Waals surface area contributed by atoms with Crippen LogP contribution >= 0.6 is 0 Å². The molecule has 1 saturated heterocycles. The van der Waals surface area contributed by atoms with Crippen molar-refractivity contribution in [2.75, 3.05) is 13.6 Å². The standard InChI is InChI=1S/C21H23NO4/c1-11(23)13-10-19-5-6-21(13,25)18-20(19)7-8-22(2)15(19)9-12-3-4-14(24)17(26-18)16(12)20/h3-6,13,15,18,24-25H,7-10H2,1-2H3/t13-,15-,18-,19-,20+,21-/m1/s1. The molecule has 2 spiro atoms. The summed E-state index contributed by atoms with van der Waals surface area (Å²) in [6.07, 6.45) is 5.91. The maximum atomic E-state index is 12.5. The lowest BCUT2D eigenvalue weighted by Crippen LogP contribution is -2.79. The van der Waals surface area contributed by atoms with Gasteiger partial charge in [0.15, 0.2) is 11.5 Å². The highest BCUT2D eigenvalue weighted by molar-refractivity contribution is 5.82. The van der Waals surface area contributed by atoms with E-state index in [1.807, 2.05) is 12.1 Å². The Morgan fingerprint density at radius 3 is 2.92 bits per heavy atom. The van der Waals surface area contributed by atoms with Crippen LogP contribution in [-0.4, -0.2) is 52.2 Å². The highest BCUT2D eigenvalue weighted by Crippen LogP contribution is 2.74. The van der Waals surface area contributed by atoms with E-state index < -0.39 is 17.6 Å². The minimum Gasteiger partial charge on any atom is -0.504 e. The number of fused-ring (bicyclic) bond motifs is 1. The van der Waals surface area contributed by atoms with Crippen molar-refractivity contribution < 1.29 is 19.7 Å². The van der Waals surface area contributed by atoms with Crippen LogP contribution in [0.25, 0.3) is 0 Å². The summed E-state index contributed by atoms with van der Waals surface area (Å²) in [5.74, 6) is 0.229. The normalized spacial score (nSPS) is 46.8. The molecule has 2 heterocycles. The van der Waals surface area contributed by atoms with Gasteiger partial charge in [0.1, 0.15) is 17.5 Å². The van der Waals surface area contributed by atoms with Crippen LogP contribution in [-0.2, 0) is 16.6 Å². The molecule has 1 aromatic carbocycles. The number of hydrogen-bond donors (Lipinski definition) is 2. The van der Waals surface area contributed by atoms with Crippen molar-refractivity contribution in [3.8, 4) is 11.5 Å². The fraction of sp³-hybridized carbons (Fsp3) is 0.571. The van der Waals surface area contributed by atoms with E-state index in [1.54, 1.807) is 13.0 Å². The van der Waals surface area contributed by atoms with Crippen molar-refractivity contribution >= 4 is 5.78 Å². The van der Waals surface area contributed by atoms with E-state index in [2.05, 4.69) is 18.0 Å². The lowest BCUT2D eigenvalue weighted by Gasteiger charge is -2.70. The van der Waals surface area contributed by atoms with Gasteiger partial charge in [0.25, 0.3) is 0 Å². The maximum absolute atomic E-state index is 12.5. The molecule has 0 aromatic heterocycles. The summed E-state index contributed by atoms with van der Waals surface area (Å²) >= 11 is 0. The number of aliphatic hydroxyl groups is 1. The zero-order valence-electron chi connectivity index (χ0n) is 15.0. The van der Waals surface area contributed by atoms with Crippen molar-refractivity contribution in [1.82, 2.24) is 4.90 Å². The number of nitrogens with zero attached hydrogens (tertiary/aromatic N) is 1. The molecule has 4 aliphatic carbocycles. The molecule has 7 rings (SSSR count). The molecule has 2 fully saturated rings. The number of hydrogen-bond acceptors (Lipinski definition) is 5. The number of phenols is 1. The van der Waals surface area contributed by atoms with Crippen LogP contribution in [0.2, 0.25) is 0 Å². The lowest BCUT2D eigenvalue weighted by molar-refractivity contribution is -0.202. The van der Waals surface area contributed by atoms with Crippen molar-refractivity contribution in [2.45, 2.75) is 49.3 Å². The van der Waals surface area contributed by atoms with Gasteiger partial charge in [-0.15, -0.1) is 0 Å². The monoisotopic (exact) mass is 353 g/mol. The van der Waals surface area contributed by atoms with Crippen LogP contribution in [0.3, 0.4) is 0 Å². The van der Waals surface area contributed by atoms with E-state index in [4.69, 9.17) is 4.74 Å². The minimum atomic E-state index is -1.31. The second kappa shape index (κ2) is 4.18. The number of piperidine rings is 1. The average Bonchev–Trinajstić information content (AvgIpc) is 2.98. The molecule has 6 aliphatic rings. The van der Waals surface area contributed by atoms with E-state index in [1.165, 1.54) is 5.56 Å². The fourth-order valence-corrected chi connectivity index (χ4v) is 7.23. The van der Waals surface area contributed by atoms with Gasteiger partial charge in [-0.25, -0.2) is 0 Å². The number of phenolic OH excluding ortho intramolecular Hbond substituents is 1. The molecule has 0 unspecified atom stereocenters. The van der Waals surface area contributed by atoms with Crippen molar-refractivity contribution in [3.05, 3.63) is 35.4 Å². The van der Waals surface area contributed by atoms with Gasteiger partial charge in [-0.2, -0.15) is 0 Å². The molecule has 136 valence electrons. The third kappa shape index (κ3) is 1.28. The molecular weight excluding hydrogens is 330 g/mol. The topological polar surface area (TPSA) is 70.0 Å². The number of carbonyl (C=O) groups excluding carboxylic acids is 1. The highest BCUT2D eigenvalue weighted by atomic mass is 16.5. The predicted molar refractivity (Wildman–Crippen MR) is 94.3 cm³/mol. The summed E-state index contributed by atoms with van der Waals surface area (Å²) in [7, 11) is 2.16. The molecular formula is C21H23NO4. The van der Waals surface area contributed by atoms with E-state index in [-0.39, 0.29) is 28.4 Å². The van der Waals surface area contributed by atoms with E-state index in [9.17, 15) is 15.0 Å². The molecule has 26 heavy (non-hydrogen) atoms. The Balaban J connectivity index is 1.73. The van der Waals surface area contributed by atoms with Gasteiger partial charge in [0.2, 0.25) is 0 Å². The maximum Gasteiger partial charge on any atom is 0.165 e. The van der Waals surface area contributed by atoms with Gasteiger partial charge in [-0.1, -0.05) is 18.2 Å². The molecule has 0 radical (unpaired) electrons. The Morgan fingerprint density at radius 1 is 1.35 bits per heavy atom. The van der Waals surface area contributed by atoms with E-state index >= 15 is 0 Å². The molecule has 6 atom stereocenters. The number of likely N-dealkylation sites (N-methyl/N-ethyl adjacent to an activating group) is 1. The number of carbonyl (C=O) groups is 1. The highest BCUT2D eigenvalue weighted by Gasteiger charge is 2.78. The van der Waals surface area contributed by atoms with Gasteiger partial charge in [0, 0.05) is 17.0 Å². The Hall–Kier alpha value is -1.85. The summed E-state index contributed by atoms with van der Waals surface area (Å²) in [6, 6.07) is 3.99. The quantitative estimate of drug-likeness (QED) is 0.750. The average molecular weight is 353 g/mol. The number of ketones is 1. The molecule has 5 nitrogen and oxygen atoms in total. The second-order valence-electron chi connectivity index (χ2n) is 9.00. The van der Waals surface area contributed by atoms with Crippen molar-refractivity contribution in [1.29, 1.82) is 0 Å². The summed E-state index contributed by atoms with van der Waals surface area (Å²) in [5, 5.41) is 22.2. The van der Waals surface area contributed by atoms with Crippen LogP contribution in [0.15, 0.2) is 24.3 Å². The minimum absolute atomic E-state index is 0.0152. The molecule has 2 aliphatic heterocycles. The first-order chi connectivity index (χ1) is 12.3. The number of Topliss-reactive ketones (excluding diaryl/α,β-unsaturated/α-hetero) is 1. The smallest absolute Gasteiger partial charge is 0.165 e.